The fraction of sp³-hybridized carbons (Fsp3) is 0.357. The molecular formula is C14H18FN3O. The molecule has 0 spiro atoms. The maximum Gasteiger partial charge on any atom is 0.239 e. The summed E-state index contributed by atoms with van der Waals surface area (Å²) < 4.78 is 13.0. The second-order valence-electron chi connectivity index (χ2n) is 5.23. The van der Waals surface area contributed by atoms with Crippen molar-refractivity contribution >= 4 is 16.8 Å². The minimum atomic E-state index is -0.872. The lowest BCUT2D eigenvalue weighted by atomic mass is 10.1. The zero-order valence-electron chi connectivity index (χ0n) is 11.1. The number of nitrogens with two attached hydrogens (primary N) is 1. The summed E-state index contributed by atoms with van der Waals surface area (Å²) in [6.07, 6.45) is 2.51. The molecule has 1 amide bonds. The molecule has 4 nitrogen and oxygen atoms in total. The molecule has 5 heteroatoms. The van der Waals surface area contributed by atoms with E-state index in [1.165, 1.54) is 12.1 Å². The van der Waals surface area contributed by atoms with Gasteiger partial charge in [0.05, 0.1) is 5.54 Å². The number of hydrogen-bond acceptors (Lipinski definition) is 2. The summed E-state index contributed by atoms with van der Waals surface area (Å²) >= 11 is 0. The number of rotatable bonds is 4. The molecule has 0 bridgehead atoms. The molecule has 0 fully saturated rings. The van der Waals surface area contributed by atoms with Crippen molar-refractivity contribution in [2.75, 3.05) is 6.54 Å². The van der Waals surface area contributed by atoms with Crippen LogP contribution in [0.5, 0.6) is 0 Å². The third kappa shape index (κ3) is 3.12. The largest absolute Gasteiger partial charge is 0.361 e. The van der Waals surface area contributed by atoms with Gasteiger partial charge in [-0.2, -0.15) is 0 Å². The number of H-pyrrole nitrogens is 1. The van der Waals surface area contributed by atoms with Crippen molar-refractivity contribution in [2.24, 2.45) is 5.73 Å². The van der Waals surface area contributed by atoms with Crippen LogP contribution < -0.4 is 11.1 Å². The number of carbonyl (C=O) groups excluding carboxylic acids is 1. The average Bonchev–Trinajstić information content (AvgIpc) is 2.70. The van der Waals surface area contributed by atoms with Gasteiger partial charge in [-0.05, 0) is 44.0 Å². The molecule has 0 saturated heterocycles. The number of aromatic amines is 1. The molecule has 0 radical (unpaired) electrons. The predicted molar refractivity (Wildman–Crippen MR) is 73.2 cm³/mol. The molecule has 2 rings (SSSR count). The molecule has 0 atom stereocenters. The fourth-order valence-corrected chi connectivity index (χ4v) is 1.90. The van der Waals surface area contributed by atoms with Crippen molar-refractivity contribution in [1.82, 2.24) is 10.3 Å². The van der Waals surface area contributed by atoms with E-state index in [0.717, 1.165) is 16.5 Å². The van der Waals surface area contributed by atoms with E-state index in [2.05, 4.69) is 10.3 Å². The summed E-state index contributed by atoms with van der Waals surface area (Å²) in [5.41, 5.74) is 6.62. The first-order valence-electron chi connectivity index (χ1n) is 6.20. The van der Waals surface area contributed by atoms with Gasteiger partial charge in [-0.15, -0.1) is 0 Å². The summed E-state index contributed by atoms with van der Waals surface area (Å²) in [4.78, 5) is 14.6. The van der Waals surface area contributed by atoms with E-state index in [0.29, 0.717) is 13.0 Å². The third-order valence-electron chi connectivity index (χ3n) is 2.99. The number of hydrogen-bond donors (Lipinski definition) is 3. The van der Waals surface area contributed by atoms with Crippen molar-refractivity contribution in [1.29, 1.82) is 0 Å². The number of benzene rings is 1. The van der Waals surface area contributed by atoms with E-state index in [4.69, 9.17) is 5.73 Å². The van der Waals surface area contributed by atoms with Gasteiger partial charge >= 0.3 is 0 Å². The normalized spacial score (nSPS) is 11.8. The summed E-state index contributed by atoms with van der Waals surface area (Å²) in [7, 11) is 0. The molecule has 102 valence electrons. The first kappa shape index (κ1) is 13.5. The Morgan fingerprint density at radius 1 is 1.47 bits per heavy atom. The first-order chi connectivity index (χ1) is 8.88. The molecule has 1 aromatic heterocycles. The number of aromatic nitrogens is 1. The number of amides is 1. The Bertz CT molecular complexity index is 598. The topological polar surface area (TPSA) is 70.9 Å². The number of fused-ring (bicyclic) bond motifs is 1. The number of halogens is 1. The first-order valence-corrected chi connectivity index (χ1v) is 6.20. The molecule has 1 heterocycles. The molecule has 19 heavy (non-hydrogen) atoms. The smallest absolute Gasteiger partial charge is 0.239 e. The van der Waals surface area contributed by atoms with Gasteiger partial charge in [0.25, 0.3) is 0 Å². The Kier molecular flexibility index (Phi) is 3.57. The van der Waals surface area contributed by atoms with Crippen LogP contribution in [-0.4, -0.2) is 23.0 Å². The molecular weight excluding hydrogens is 245 g/mol. The maximum absolute atomic E-state index is 13.0. The Morgan fingerprint density at radius 2 is 2.21 bits per heavy atom. The van der Waals surface area contributed by atoms with Crippen molar-refractivity contribution in [3.8, 4) is 0 Å². The molecule has 1 aromatic carbocycles. The zero-order valence-corrected chi connectivity index (χ0v) is 11.1. The van der Waals surface area contributed by atoms with Gasteiger partial charge < -0.3 is 16.0 Å². The van der Waals surface area contributed by atoms with Gasteiger partial charge in [0.2, 0.25) is 5.91 Å². The van der Waals surface area contributed by atoms with Gasteiger partial charge in [-0.1, -0.05) is 0 Å². The monoisotopic (exact) mass is 263 g/mol. The molecule has 0 aliphatic rings. The van der Waals surface area contributed by atoms with Crippen LogP contribution in [0.1, 0.15) is 19.4 Å². The van der Waals surface area contributed by atoms with Crippen LogP contribution in [0.4, 0.5) is 4.39 Å². The molecule has 0 aliphatic heterocycles. The molecule has 4 N–H and O–H groups in total. The molecule has 2 aromatic rings. The van der Waals surface area contributed by atoms with E-state index in [9.17, 15) is 9.18 Å². The lowest BCUT2D eigenvalue weighted by molar-refractivity contribution is -0.125. The van der Waals surface area contributed by atoms with Gasteiger partial charge in [-0.25, -0.2) is 4.39 Å². The second-order valence-corrected chi connectivity index (χ2v) is 5.23. The summed E-state index contributed by atoms with van der Waals surface area (Å²) in [6.45, 7) is 3.83. The van der Waals surface area contributed by atoms with E-state index < -0.39 is 5.54 Å². The van der Waals surface area contributed by atoms with E-state index in [1.807, 2.05) is 6.20 Å². The minimum absolute atomic E-state index is 0.182. The van der Waals surface area contributed by atoms with Crippen molar-refractivity contribution in [3.05, 3.63) is 35.8 Å². The fourth-order valence-electron chi connectivity index (χ4n) is 1.90. The van der Waals surface area contributed by atoms with E-state index in [1.54, 1.807) is 19.9 Å². The van der Waals surface area contributed by atoms with Crippen LogP contribution >= 0.6 is 0 Å². The molecule has 0 unspecified atom stereocenters. The highest BCUT2D eigenvalue weighted by Crippen LogP contribution is 2.19. The van der Waals surface area contributed by atoms with Gasteiger partial charge in [0.15, 0.2) is 0 Å². The van der Waals surface area contributed by atoms with E-state index >= 15 is 0 Å². The van der Waals surface area contributed by atoms with Gasteiger partial charge in [0, 0.05) is 23.6 Å². The molecule has 0 aliphatic carbocycles. The lowest BCUT2D eigenvalue weighted by Crippen LogP contribution is -2.49. The van der Waals surface area contributed by atoms with Crippen LogP contribution in [0.3, 0.4) is 0 Å². The Balaban J connectivity index is 2.01. The Morgan fingerprint density at radius 3 is 2.89 bits per heavy atom. The SMILES string of the molecule is CC(C)(N)C(=O)NCCc1c[nH]c2cc(F)ccc12. The highest BCUT2D eigenvalue weighted by atomic mass is 19.1. The summed E-state index contributed by atoms with van der Waals surface area (Å²) in [6, 6.07) is 4.63. The Labute approximate surface area is 111 Å². The minimum Gasteiger partial charge on any atom is -0.361 e. The van der Waals surface area contributed by atoms with Crippen molar-refractivity contribution in [3.63, 3.8) is 0 Å². The van der Waals surface area contributed by atoms with Gasteiger partial charge in [0.1, 0.15) is 5.82 Å². The van der Waals surface area contributed by atoms with Crippen LogP contribution in [0.2, 0.25) is 0 Å². The van der Waals surface area contributed by atoms with Crippen LogP contribution in [0, 0.1) is 5.82 Å². The third-order valence-corrected chi connectivity index (χ3v) is 2.99. The highest BCUT2D eigenvalue weighted by molar-refractivity contribution is 5.85. The summed E-state index contributed by atoms with van der Waals surface area (Å²) in [5.74, 6) is -0.447. The average molecular weight is 263 g/mol. The van der Waals surface area contributed by atoms with Crippen molar-refractivity contribution in [2.45, 2.75) is 25.8 Å². The standard InChI is InChI=1S/C14H18FN3O/c1-14(2,16)13(19)17-6-5-9-8-18-12-7-10(15)3-4-11(9)12/h3-4,7-8,18H,5-6,16H2,1-2H3,(H,17,19). The van der Waals surface area contributed by atoms with Crippen LogP contribution in [0.25, 0.3) is 10.9 Å². The quantitative estimate of drug-likeness (QED) is 0.785. The second kappa shape index (κ2) is 5.01. The lowest BCUT2D eigenvalue weighted by Gasteiger charge is -2.17. The summed E-state index contributed by atoms with van der Waals surface area (Å²) in [5, 5.41) is 3.76. The molecule has 0 saturated carbocycles. The van der Waals surface area contributed by atoms with Crippen molar-refractivity contribution < 1.29 is 9.18 Å². The van der Waals surface area contributed by atoms with E-state index in [-0.39, 0.29) is 11.7 Å². The predicted octanol–water partition coefficient (Wildman–Crippen LogP) is 1.70. The zero-order chi connectivity index (χ0) is 14.0. The number of carbonyl (C=O) groups is 1. The van der Waals surface area contributed by atoms with Gasteiger partial charge in [-0.3, -0.25) is 4.79 Å². The van der Waals surface area contributed by atoms with Crippen LogP contribution in [-0.2, 0) is 11.2 Å². The van der Waals surface area contributed by atoms with Crippen LogP contribution in [0.15, 0.2) is 24.4 Å². The Hall–Kier alpha value is -1.88. The number of nitrogens with one attached hydrogen (secondary N) is 2. The highest BCUT2D eigenvalue weighted by Gasteiger charge is 2.20. The maximum atomic E-state index is 13.0.